The molecule has 1 aliphatic rings. The third-order valence-corrected chi connectivity index (χ3v) is 4.61. The van der Waals surface area contributed by atoms with E-state index in [1.165, 1.54) is 44.2 Å². The number of carbonyl (C=O) groups excluding carboxylic acids is 1. The fourth-order valence-electron chi connectivity index (χ4n) is 3.09. The second kappa shape index (κ2) is 10.3. The van der Waals surface area contributed by atoms with Crippen molar-refractivity contribution in [3.8, 4) is 0 Å². The smallest absolute Gasteiger partial charge is 0.313 e. The summed E-state index contributed by atoms with van der Waals surface area (Å²) in [5, 5.41) is 3.97. The van der Waals surface area contributed by atoms with Crippen LogP contribution in [0.3, 0.4) is 0 Å². The lowest BCUT2D eigenvalue weighted by atomic mass is 10.00. The van der Waals surface area contributed by atoms with Gasteiger partial charge in [-0.1, -0.05) is 56.2 Å². The van der Waals surface area contributed by atoms with Crippen LogP contribution in [0.1, 0.15) is 86.6 Å². The topological polar surface area (TPSA) is 38.7 Å². The zero-order valence-corrected chi connectivity index (χ0v) is 15.0. The molecule has 0 saturated heterocycles. The Hall–Kier alpha value is -1.85. The van der Waals surface area contributed by atoms with Gasteiger partial charge in [-0.3, -0.25) is 0 Å². The minimum Gasteiger partial charge on any atom is -0.313 e. The highest BCUT2D eigenvalue weighted by atomic mass is 19.4. The molecule has 0 radical (unpaired) electrons. The summed E-state index contributed by atoms with van der Waals surface area (Å²) in [5.74, 6) is -0.852. The zero-order chi connectivity index (χ0) is 18.8. The number of rotatable bonds is 2. The van der Waals surface area contributed by atoms with Gasteiger partial charge in [0.15, 0.2) is 0 Å². The van der Waals surface area contributed by atoms with Crippen LogP contribution in [0.2, 0.25) is 0 Å². The number of benzene rings is 1. The molecule has 0 atom stereocenters. The van der Waals surface area contributed by atoms with Gasteiger partial charge in [0.1, 0.15) is 0 Å². The molecule has 6 heteroatoms. The number of nitrogens with zero attached hydrogens (tertiary/aromatic N) is 1. The van der Waals surface area contributed by atoms with Crippen molar-refractivity contribution >= 4 is 11.7 Å². The van der Waals surface area contributed by atoms with E-state index in [0.717, 1.165) is 56.4 Å². The van der Waals surface area contributed by atoms with Gasteiger partial charge >= 0.3 is 12.1 Å². The highest BCUT2D eigenvalue weighted by molar-refractivity contribution is 5.91. The monoisotopic (exact) mass is 369 g/mol. The molecule has 1 aliphatic carbocycles. The molecule has 1 fully saturated rings. The molecule has 3 nitrogen and oxygen atoms in total. The second-order valence-corrected chi connectivity index (χ2v) is 6.80. The maximum Gasteiger partial charge on any atom is 0.416 e. The van der Waals surface area contributed by atoms with Crippen LogP contribution in [-0.2, 0) is 11.0 Å². The van der Waals surface area contributed by atoms with Gasteiger partial charge in [-0.05, 0) is 43.9 Å². The van der Waals surface area contributed by atoms with Gasteiger partial charge in [-0.2, -0.15) is 13.2 Å². The van der Waals surface area contributed by atoms with Crippen LogP contribution in [0.5, 0.6) is 0 Å². The Labute approximate surface area is 152 Å². The van der Waals surface area contributed by atoms with Gasteiger partial charge in [0.25, 0.3) is 0 Å². The third-order valence-electron chi connectivity index (χ3n) is 4.61. The Bertz CT molecular complexity index is 597. The minimum atomic E-state index is -4.49. The van der Waals surface area contributed by atoms with E-state index < -0.39 is 17.7 Å². The first-order valence-corrected chi connectivity index (χ1v) is 9.41. The lowest BCUT2D eigenvalue weighted by Crippen LogP contribution is -2.09. The first-order chi connectivity index (χ1) is 12.5. The Morgan fingerprint density at radius 1 is 0.885 bits per heavy atom. The van der Waals surface area contributed by atoms with E-state index >= 15 is 0 Å². The van der Waals surface area contributed by atoms with Gasteiger partial charge in [0.2, 0.25) is 0 Å². The molecule has 0 unspecified atom stereocenters. The Balaban J connectivity index is 1.97. The van der Waals surface area contributed by atoms with E-state index in [1.54, 1.807) is 0 Å². The van der Waals surface area contributed by atoms with Crippen LogP contribution in [0.15, 0.2) is 29.4 Å². The molecular formula is C20H26F3NO2. The molecule has 0 spiro atoms. The molecule has 1 aromatic carbocycles. The number of hydrogen-bond acceptors (Lipinski definition) is 3. The molecule has 0 heterocycles. The van der Waals surface area contributed by atoms with E-state index in [2.05, 4.69) is 5.16 Å². The molecule has 1 saturated carbocycles. The van der Waals surface area contributed by atoms with Gasteiger partial charge in [-0.15, -0.1) is 0 Å². The van der Waals surface area contributed by atoms with Crippen molar-refractivity contribution in [2.45, 2.75) is 76.8 Å². The molecule has 144 valence electrons. The molecule has 1 aromatic rings. The van der Waals surface area contributed by atoms with Crippen LogP contribution < -0.4 is 0 Å². The van der Waals surface area contributed by atoms with Gasteiger partial charge in [0, 0.05) is 0 Å². The summed E-state index contributed by atoms with van der Waals surface area (Å²) in [6, 6.07) is 4.22. The average Bonchev–Trinajstić information content (AvgIpc) is 2.60. The van der Waals surface area contributed by atoms with Crippen molar-refractivity contribution in [3.63, 3.8) is 0 Å². The highest BCUT2D eigenvalue weighted by Gasteiger charge is 2.31. The van der Waals surface area contributed by atoms with E-state index in [1.807, 2.05) is 0 Å². The van der Waals surface area contributed by atoms with Crippen molar-refractivity contribution < 1.29 is 22.8 Å². The summed E-state index contributed by atoms with van der Waals surface area (Å²) < 4.78 is 38.2. The Morgan fingerprint density at radius 3 is 1.96 bits per heavy atom. The third kappa shape index (κ3) is 7.18. The van der Waals surface area contributed by atoms with Crippen molar-refractivity contribution in [1.82, 2.24) is 0 Å². The molecule has 0 bridgehead atoms. The maximum absolute atomic E-state index is 12.7. The molecular weight excluding hydrogens is 343 g/mol. The van der Waals surface area contributed by atoms with Crippen molar-refractivity contribution in [3.05, 3.63) is 35.4 Å². The number of hydrogen-bond donors (Lipinski definition) is 0. The fourth-order valence-corrected chi connectivity index (χ4v) is 3.09. The van der Waals surface area contributed by atoms with Crippen molar-refractivity contribution in [1.29, 1.82) is 0 Å². The van der Waals surface area contributed by atoms with Crippen molar-refractivity contribution in [2.24, 2.45) is 5.16 Å². The Morgan fingerprint density at radius 2 is 1.42 bits per heavy atom. The predicted octanol–water partition coefficient (Wildman–Crippen LogP) is 6.52. The first-order valence-electron chi connectivity index (χ1n) is 9.41. The van der Waals surface area contributed by atoms with Crippen LogP contribution in [0.25, 0.3) is 0 Å². The quantitative estimate of drug-likeness (QED) is 0.439. The van der Waals surface area contributed by atoms with Crippen LogP contribution in [0.4, 0.5) is 13.2 Å². The van der Waals surface area contributed by atoms with E-state index in [9.17, 15) is 18.0 Å². The number of carbonyl (C=O) groups is 1. The standard InChI is InChI=1S/C20H26F3NO2/c21-20(22,23)17-12-10-11-16(15-17)19(25)26-24-18-13-8-6-4-2-1-3-5-7-9-14-18/h10-12,15H,1-9,13-14H2. The molecule has 0 N–H and O–H groups in total. The minimum absolute atomic E-state index is 0.141. The van der Waals surface area contributed by atoms with Gasteiger partial charge in [0.05, 0.1) is 16.8 Å². The van der Waals surface area contributed by atoms with Crippen molar-refractivity contribution in [2.75, 3.05) is 0 Å². The van der Waals surface area contributed by atoms with Crippen LogP contribution in [0, 0.1) is 0 Å². The highest BCUT2D eigenvalue weighted by Crippen LogP contribution is 2.29. The molecule has 0 amide bonds. The van der Waals surface area contributed by atoms with E-state index in [-0.39, 0.29) is 5.56 Å². The summed E-state index contributed by atoms with van der Waals surface area (Å²) in [4.78, 5) is 17.0. The van der Waals surface area contributed by atoms with E-state index in [4.69, 9.17) is 4.84 Å². The first kappa shape index (κ1) is 20.5. The molecule has 0 aliphatic heterocycles. The lowest BCUT2D eigenvalue weighted by molar-refractivity contribution is -0.137. The zero-order valence-electron chi connectivity index (χ0n) is 15.0. The normalized spacial score (nSPS) is 17.7. The fraction of sp³-hybridized carbons (Fsp3) is 0.600. The summed E-state index contributed by atoms with van der Waals surface area (Å²) >= 11 is 0. The SMILES string of the molecule is O=C(ON=C1CCCCCCCCCCC1)c1cccc(C(F)(F)F)c1. The van der Waals surface area contributed by atoms with Crippen LogP contribution in [-0.4, -0.2) is 11.7 Å². The summed E-state index contributed by atoms with van der Waals surface area (Å²) in [7, 11) is 0. The van der Waals surface area contributed by atoms with Crippen LogP contribution >= 0.6 is 0 Å². The molecule has 26 heavy (non-hydrogen) atoms. The predicted molar refractivity (Wildman–Crippen MR) is 95.1 cm³/mol. The van der Waals surface area contributed by atoms with E-state index in [0.29, 0.717) is 0 Å². The number of oxime groups is 1. The molecule has 2 rings (SSSR count). The van der Waals surface area contributed by atoms with Gasteiger partial charge in [-0.25, -0.2) is 4.79 Å². The average molecular weight is 369 g/mol. The van der Waals surface area contributed by atoms with Gasteiger partial charge < -0.3 is 4.84 Å². The number of halogens is 3. The maximum atomic E-state index is 12.7. The summed E-state index contributed by atoms with van der Waals surface area (Å²) in [6.07, 6.45) is 7.54. The summed E-state index contributed by atoms with van der Waals surface area (Å²) in [6.45, 7) is 0. The molecule has 0 aromatic heterocycles. The summed E-state index contributed by atoms with van der Waals surface area (Å²) in [5.41, 5.74) is -0.186. The largest absolute Gasteiger partial charge is 0.416 e. The second-order valence-electron chi connectivity index (χ2n) is 6.80. The Kier molecular flexibility index (Phi) is 8.13. The lowest BCUT2D eigenvalue weighted by Gasteiger charge is -2.09. The number of alkyl halides is 3.